The number of rotatable bonds is 5. The number of carbonyl (C=O) groups is 1. The van der Waals surface area contributed by atoms with Crippen molar-refractivity contribution in [3.8, 4) is 0 Å². The minimum atomic E-state index is -3.45. The number of hydrogen-bond acceptors (Lipinski definition) is 5. The molecule has 140 valence electrons. The number of carbonyl (C=O) groups excluding carboxylic acids is 1. The van der Waals surface area contributed by atoms with Crippen LogP contribution in [-0.4, -0.2) is 55.8 Å². The number of piperazine rings is 1. The SMILES string of the molecule is C[C@H](C(=O)Nc1ccc(F)cc1)N1CCN(S(=O)(=O)c2cccs2)CC1. The Hall–Kier alpha value is -1.81. The molecular weight excluding hydrogens is 377 g/mol. The molecule has 1 aromatic carbocycles. The van der Waals surface area contributed by atoms with E-state index < -0.39 is 16.1 Å². The number of hydrogen-bond donors (Lipinski definition) is 1. The Balaban J connectivity index is 1.57. The van der Waals surface area contributed by atoms with Gasteiger partial charge in [0.15, 0.2) is 0 Å². The van der Waals surface area contributed by atoms with Crippen LogP contribution in [0.3, 0.4) is 0 Å². The second-order valence-electron chi connectivity index (χ2n) is 6.04. The maximum atomic E-state index is 12.9. The predicted octanol–water partition coefficient (Wildman–Crippen LogP) is 2.22. The van der Waals surface area contributed by atoms with Crippen LogP contribution in [0.5, 0.6) is 0 Å². The summed E-state index contributed by atoms with van der Waals surface area (Å²) in [7, 11) is -3.45. The predicted molar refractivity (Wildman–Crippen MR) is 99.1 cm³/mol. The molecule has 0 radical (unpaired) electrons. The topological polar surface area (TPSA) is 69.7 Å². The van der Waals surface area contributed by atoms with E-state index in [9.17, 15) is 17.6 Å². The third-order valence-corrected chi connectivity index (χ3v) is 7.67. The molecular formula is C17H20FN3O3S2. The Kier molecular flexibility index (Phi) is 5.71. The van der Waals surface area contributed by atoms with Crippen molar-refractivity contribution in [3.63, 3.8) is 0 Å². The van der Waals surface area contributed by atoms with Crippen molar-refractivity contribution < 1.29 is 17.6 Å². The Morgan fingerprint density at radius 1 is 1.15 bits per heavy atom. The number of nitrogens with one attached hydrogen (secondary N) is 1. The van der Waals surface area contributed by atoms with Crippen LogP contribution in [-0.2, 0) is 14.8 Å². The fourth-order valence-electron chi connectivity index (χ4n) is 2.81. The zero-order valence-electron chi connectivity index (χ0n) is 14.3. The van der Waals surface area contributed by atoms with Crippen molar-refractivity contribution in [3.05, 3.63) is 47.6 Å². The van der Waals surface area contributed by atoms with E-state index in [-0.39, 0.29) is 11.7 Å². The summed E-state index contributed by atoms with van der Waals surface area (Å²) in [5.74, 6) is -0.565. The van der Waals surface area contributed by atoms with Gasteiger partial charge in [-0.2, -0.15) is 4.31 Å². The van der Waals surface area contributed by atoms with Crippen molar-refractivity contribution in [1.82, 2.24) is 9.21 Å². The van der Waals surface area contributed by atoms with Crippen molar-refractivity contribution in [2.75, 3.05) is 31.5 Å². The number of sulfonamides is 1. The highest BCUT2D eigenvalue weighted by atomic mass is 32.2. The molecule has 9 heteroatoms. The van der Waals surface area contributed by atoms with Gasteiger partial charge in [0.2, 0.25) is 5.91 Å². The maximum Gasteiger partial charge on any atom is 0.252 e. The molecule has 1 aliphatic heterocycles. The molecule has 1 amide bonds. The van der Waals surface area contributed by atoms with Gasteiger partial charge < -0.3 is 5.32 Å². The lowest BCUT2D eigenvalue weighted by Gasteiger charge is -2.36. The maximum absolute atomic E-state index is 12.9. The number of amides is 1. The summed E-state index contributed by atoms with van der Waals surface area (Å²) in [4.78, 5) is 14.3. The summed E-state index contributed by atoms with van der Waals surface area (Å²) in [6, 6.07) is 8.49. The minimum absolute atomic E-state index is 0.203. The van der Waals surface area contributed by atoms with E-state index in [0.717, 1.165) is 0 Å². The number of nitrogens with zero attached hydrogens (tertiary/aromatic N) is 2. The molecule has 1 aliphatic rings. The fourth-order valence-corrected chi connectivity index (χ4v) is 5.38. The van der Waals surface area contributed by atoms with E-state index in [4.69, 9.17) is 0 Å². The van der Waals surface area contributed by atoms with Crippen LogP contribution in [0.15, 0.2) is 46.0 Å². The molecule has 0 aliphatic carbocycles. The molecule has 26 heavy (non-hydrogen) atoms. The largest absolute Gasteiger partial charge is 0.325 e. The van der Waals surface area contributed by atoms with Gasteiger partial charge in [-0.05, 0) is 42.6 Å². The molecule has 1 atom stereocenters. The van der Waals surface area contributed by atoms with E-state index >= 15 is 0 Å². The second kappa shape index (κ2) is 7.83. The zero-order chi connectivity index (χ0) is 18.7. The van der Waals surface area contributed by atoms with Gasteiger partial charge in [0.05, 0.1) is 6.04 Å². The first kappa shape index (κ1) is 19.0. The lowest BCUT2D eigenvalue weighted by atomic mass is 10.2. The van der Waals surface area contributed by atoms with Gasteiger partial charge >= 0.3 is 0 Å². The van der Waals surface area contributed by atoms with Crippen LogP contribution in [0.25, 0.3) is 0 Å². The quantitative estimate of drug-likeness (QED) is 0.840. The summed E-state index contributed by atoms with van der Waals surface area (Å²) < 4.78 is 39.8. The highest BCUT2D eigenvalue weighted by molar-refractivity contribution is 7.91. The third kappa shape index (κ3) is 4.12. The number of halogens is 1. The summed E-state index contributed by atoms with van der Waals surface area (Å²) in [5, 5.41) is 4.49. The molecule has 2 aromatic rings. The lowest BCUT2D eigenvalue weighted by molar-refractivity contribution is -0.121. The minimum Gasteiger partial charge on any atom is -0.325 e. The molecule has 0 unspecified atom stereocenters. The molecule has 0 saturated carbocycles. The fraction of sp³-hybridized carbons (Fsp3) is 0.353. The van der Waals surface area contributed by atoms with Crippen LogP contribution in [0.4, 0.5) is 10.1 Å². The number of benzene rings is 1. The summed E-state index contributed by atoms with van der Waals surface area (Å²) in [6.07, 6.45) is 0. The van der Waals surface area contributed by atoms with E-state index in [0.29, 0.717) is 36.1 Å². The molecule has 1 aromatic heterocycles. The van der Waals surface area contributed by atoms with E-state index in [1.165, 1.54) is 39.9 Å². The van der Waals surface area contributed by atoms with Gasteiger partial charge in [0.25, 0.3) is 10.0 Å². The molecule has 0 bridgehead atoms. The van der Waals surface area contributed by atoms with Gasteiger partial charge in [0.1, 0.15) is 10.0 Å². The van der Waals surface area contributed by atoms with Crippen LogP contribution in [0.2, 0.25) is 0 Å². The summed E-state index contributed by atoms with van der Waals surface area (Å²) in [6.45, 7) is 3.41. The van der Waals surface area contributed by atoms with Crippen molar-refractivity contribution in [2.24, 2.45) is 0 Å². The lowest BCUT2D eigenvalue weighted by Crippen LogP contribution is -2.53. The third-order valence-electron chi connectivity index (χ3n) is 4.40. The highest BCUT2D eigenvalue weighted by Crippen LogP contribution is 2.22. The molecule has 6 nitrogen and oxygen atoms in total. The van der Waals surface area contributed by atoms with Gasteiger partial charge in [-0.3, -0.25) is 9.69 Å². The number of thiophene rings is 1. The van der Waals surface area contributed by atoms with E-state index in [1.807, 2.05) is 4.90 Å². The Morgan fingerprint density at radius 2 is 1.81 bits per heavy atom. The first-order valence-electron chi connectivity index (χ1n) is 8.22. The Morgan fingerprint density at radius 3 is 2.38 bits per heavy atom. The van der Waals surface area contributed by atoms with Crippen LogP contribution >= 0.6 is 11.3 Å². The van der Waals surface area contributed by atoms with Gasteiger partial charge in [-0.1, -0.05) is 6.07 Å². The van der Waals surface area contributed by atoms with Crippen molar-refractivity contribution in [2.45, 2.75) is 17.2 Å². The Labute approximate surface area is 156 Å². The van der Waals surface area contributed by atoms with Gasteiger partial charge in [0, 0.05) is 31.9 Å². The summed E-state index contributed by atoms with van der Waals surface area (Å²) >= 11 is 1.20. The molecule has 0 spiro atoms. The van der Waals surface area contributed by atoms with Crippen molar-refractivity contribution in [1.29, 1.82) is 0 Å². The zero-order valence-corrected chi connectivity index (χ0v) is 15.9. The average Bonchev–Trinajstić information content (AvgIpc) is 3.18. The standard InChI is InChI=1S/C17H20FN3O3S2/c1-13(17(22)19-15-6-4-14(18)5-7-15)20-8-10-21(11-9-20)26(23,24)16-3-2-12-25-16/h2-7,12-13H,8-11H2,1H3,(H,19,22)/t13-/m1/s1. The van der Waals surface area contributed by atoms with E-state index in [1.54, 1.807) is 24.4 Å². The molecule has 1 fully saturated rings. The van der Waals surface area contributed by atoms with Gasteiger partial charge in [-0.15, -0.1) is 11.3 Å². The first-order chi connectivity index (χ1) is 12.4. The Bertz CT molecular complexity index is 846. The van der Waals surface area contributed by atoms with Crippen LogP contribution in [0, 0.1) is 5.82 Å². The van der Waals surface area contributed by atoms with Gasteiger partial charge in [-0.25, -0.2) is 12.8 Å². The normalized spacial score (nSPS) is 17.8. The van der Waals surface area contributed by atoms with Crippen LogP contribution < -0.4 is 5.32 Å². The molecule has 1 saturated heterocycles. The second-order valence-corrected chi connectivity index (χ2v) is 9.16. The molecule has 1 N–H and O–H groups in total. The molecule has 2 heterocycles. The highest BCUT2D eigenvalue weighted by Gasteiger charge is 2.32. The molecule has 3 rings (SSSR count). The monoisotopic (exact) mass is 397 g/mol. The summed E-state index contributed by atoms with van der Waals surface area (Å²) in [5.41, 5.74) is 0.530. The van der Waals surface area contributed by atoms with Crippen LogP contribution in [0.1, 0.15) is 6.92 Å². The van der Waals surface area contributed by atoms with Crippen molar-refractivity contribution >= 4 is 33.0 Å². The van der Waals surface area contributed by atoms with E-state index in [2.05, 4.69) is 5.32 Å². The average molecular weight is 397 g/mol. The number of anilines is 1. The first-order valence-corrected chi connectivity index (χ1v) is 10.5. The smallest absolute Gasteiger partial charge is 0.252 e.